The van der Waals surface area contributed by atoms with Crippen LogP contribution in [0.5, 0.6) is 0 Å². The number of rotatable bonds is 5. The zero-order valence-corrected chi connectivity index (χ0v) is 17.3. The highest BCUT2D eigenvalue weighted by atomic mass is 35.5. The summed E-state index contributed by atoms with van der Waals surface area (Å²) in [6, 6.07) is 9.20. The van der Waals surface area contributed by atoms with Crippen molar-refractivity contribution in [3.8, 4) is 0 Å². The average molecular weight is 459 g/mol. The summed E-state index contributed by atoms with van der Waals surface area (Å²) in [4.78, 5) is 26.4. The van der Waals surface area contributed by atoms with Crippen LogP contribution in [0.15, 0.2) is 42.5 Å². The minimum Gasteiger partial charge on any atom is -0.352 e. The average Bonchev–Trinajstić information content (AvgIpc) is 3.14. The maximum atomic E-state index is 12.6. The number of nitrogens with one attached hydrogen (secondary N) is 1. The summed E-state index contributed by atoms with van der Waals surface area (Å²) in [5, 5.41) is 3.56. The molecule has 1 aliphatic rings. The topological polar surface area (TPSA) is 49.4 Å². The molecule has 2 aromatic carbocycles. The van der Waals surface area contributed by atoms with Gasteiger partial charge in [-0.3, -0.25) is 9.59 Å². The first-order chi connectivity index (χ1) is 14.1. The first-order valence-corrected chi connectivity index (χ1v) is 10.1. The molecular formula is C21H19Cl2F3N2O2. The van der Waals surface area contributed by atoms with Gasteiger partial charge >= 0.3 is 6.18 Å². The van der Waals surface area contributed by atoms with Gasteiger partial charge in [-0.25, -0.2) is 0 Å². The van der Waals surface area contributed by atoms with Crippen LogP contribution >= 0.6 is 23.2 Å². The maximum Gasteiger partial charge on any atom is 0.416 e. The Labute approximate surface area is 182 Å². The molecule has 1 atom stereocenters. The Morgan fingerprint density at radius 2 is 1.70 bits per heavy atom. The number of hydrogen-bond acceptors (Lipinski definition) is 2. The van der Waals surface area contributed by atoms with Crippen molar-refractivity contribution in [2.45, 2.75) is 19.0 Å². The number of carbonyl (C=O) groups is 2. The van der Waals surface area contributed by atoms with E-state index in [9.17, 15) is 22.8 Å². The molecule has 3 rings (SSSR count). The van der Waals surface area contributed by atoms with Gasteiger partial charge in [0.1, 0.15) is 0 Å². The standard InChI is InChI=1S/C21H19Cl2F3N2O2/c22-17-8-15(9-18(23)10-17)20(30)27-11-14-5-6-28(12-14)19(29)7-13-1-3-16(4-2-13)21(24,25)26/h1-4,8-10,14H,5-7,11-12H2,(H,27,30)/t14-/m1/s1. The molecular weight excluding hydrogens is 440 g/mol. The zero-order valence-electron chi connectivity index (χ0n) is 15.8. The summed E-state index contributed by atoms with van der Waals surface area (Å²) >= 11 is 11.8. The number of amides is 2. The SMILES string of the molecule is O=C(NC[C@H]1CCN(C(=O)Cc2ccc(C(F)(F)F)cc2)C1)c1cc(Cl)cc(Cl)c1. The molecule has 2 amide bonds. The molecule has 0 aliphatic carbocycles. The fourth-order valence-corrected chi connectivity index (χ4v) is 3.87. The van der Waals surface area contributed by atoms with E-state index in [1.165, 1.54) is 30.3 Å². The fraction of sp³-hybridized carbons (Fsp3) is 0.333. The van der Waals surface area contributed by atoms with Gasteiger partial charge in [-0.05, 0) is 48.2 Å². The third kappa shape index (κ3) is 5.89. The highest BCUT2D eigenvalue weighted by Crippen LogP contribution is 2.29. The van der Waals surface area contributed by atoms with Gasteiger partial charge in [0.15, 0.2) is 0 Å². The minimum atomic E-state index is -4.40. The lowest BCUT2D eigenvalue weighted by Crippen LogP contribution is -2.33. The lowest BCUT2D eigenvalue weighted by Gasteiger charge is -2.17. The molecule has 1 fully saturated rings. The van der Waals surface area contributed by atoms with Gasteiger partial charge in [-0.1, -0.05) is 35.3 Å². The molecule has 1 N–H and O–H groups in total. The highest BCUT2D eigenvalue weighted by Gasteiger charge is 2.30. The van der Waals surface area contributed by atoms with Gasteiger partial charge in [0, 0.05) is 35.2 Å². The fourth-order valence-electron chi connectivity index (χ4n) is 3.35. The molecule has 1 aliphatic heterocycles. The lowest BCUT2D eigenvalue weighted by molar-refractivity contribution is -0.137. The number of alkyl halides is 3. The van der Waals surface area contributed by atoms with Crippen molar-refractivity contribution in [2.24, 2.45) is 5.92 Å². The van der Waals surface area contributed by atoms with Gasteiger partial charge in [-0.15, -0.1) is 0 Å². The van der Waals surface area contributed by atoms with Crippen LogP contribution in [0.3, 0.4) is 0 Å². The Bertz CT molecular complexity index is 913. The highest BCUT2D eigenvalue weighted by molar-refractivity contribution is 6.35. The van der Waals surface area contributed by atoms with Crippen molar-refractivity contribution in [1.29, 1.82) is 0 Å². The molecule has 0 saturated carbocycles. The summed E-state index contributed by atoms with van der Waals surface area (Å²) in [5.74, 6) is -0.348. The first-order valence-electron chi connectivity index (χ1n) is 9.30. The van der Waals surface area contributed by atoms with Crippen molar-refractivity contribution < 1.29 is 22.8 Å². The predicted molar refractivity (Wildman–Crippen MR) is 109 cm³/mol. The quantitative estimate of drug-likeness (QED) is 0.697. The van der Waals surface area contributed by atoms with E-state index in [0.717, 1.165) is 18.6 Å². The molecule has 2 aromatic rings. The smallest absolute Gasteiger partial charge is 0.352 e. The van der Waals surface area contributed by atoms with Crippen LogP contribution in [-0.2, 0) is 17.4 Å². The third-order valence-electron chi connectivity index (χ3n) is 4.95. The summed E-state index contributed by atoms with van der Waals surface area (Å²) < 4.78 is 37.9. The predicted octanol–water partition coefficient (Wildman–Crippen LogP) is 4.83. The largest absolute Gasteiger partial charge is 0.416 e. The molecule has 160 valence electrons. The Hall–Kier alpha value is -2.25. The summed E-state index contributed by atoms with van der Waals surface area (Å²) in [6.07, 6.45) is -3.63. The molecule has 0 aromatic heterocycles. The van der Waals surface area contributed by atoms with Crippen molar-refractivity contribution in [1.82, 2.24) is 10.2 Å². The lowest BCUT2D eigenvalue weighted by atomic mass is 10.1. The molecule has 1 heterocycles. The summed E-state index contributed by atoms with van der Waals surface area (Å²) in [5.41, 5.74) is 0.153. The second kappa shape index (κ2) is 9.27. The molecule has 30 heavy (non-hydrogen) atoms. The number of halogens is 5. The van der Waals surface area contributed by atoms with Crippen LogP contribution in [0, 0.1) is 5.92 Å². The monoisotopic (exact) mass is 458 g/mol. The van der Waals surface area contributed by atoms with E-state index >= 15 is 0 Å². The van der Waals surface area contributed by atoms with E-state index < -0.39 is 11.7 Å². The normalized spacial score (nSPS) is 16.6. The van der Waals surface area contributed by atoms with E-state index in [0.29, 0.717) is 40.8 Å². The van der Waals surface area contributed by atoms with E-state index in [1.54, 1.807) is 4.90 Å². The minimum absolute atomic E-state index is 0.0399. The van der Waals surface area contributed by atoms with E-state index in [1.807, 2.05) is 0 Å². The number of carbonyl (C=O) groups excluding carboxylic acids is 2. The zero-order chi connectivity index (χ0) is 21.9. The van der Waals surface area contributed by atoms with Crippen LogP contribution in [-0.4, -0.2) is 36.3 Å². The second-order valence-electron chi connectivity index (χ2n) is 7.23. The van der Waals surface area contributed by atoms with Crippen molar-refractivity contribution in [2.75, 3.05) is 19.6 Å². The van der Waals surface area contributed by atoms with Gasteiger partial charge in [0.2, 0.25) is 5.91 Å². The Morgan fingerprint density at radius 1 is 1.07 bits per heavy atom. The van der Waals surface area contributed by atoms with Crippen LogP contribution < -0.4 is 5.32 Å². The third-order valence-corrected chi connectivity index (χ3v) is 5.39. The number of nitrogens with zero attached hydrogens (tertiary/aromatic N) is 1. The van der Waals surface area contributed by atoms with E-state index in [-0.39, 0.29) is 24.2 Å². The van der Waals surface area contributed by atoms with E-state index in [4.69, 9.17) is 23.2 Å². The second-order valence-corrected chi connectivity index (χ2v) is 8.11. The van der Waals surface area contributed by atoms with Gasteiger partial charge < -0.3 is 10.2 Å². The van der Waals surface area contributed by atoms with Crippen LogP contribution in [0.25, 0.3) is 0 Å². The Kier molecular flexibility index (Phi) is 6.93. The molecule has 0 spiro atoms. The molecule has 9 heteroatoms. The Balaban J connectivity index is 1.48. The van der Waals surface area contributed by atoms with Gasteiger partial charge in [0.25, 0.3) is 5.91 Å². The molecule has 0 bridgehead atoms. The molecule has 1 saturated heterocycles. The molecule has 0 unspecified atom stereocenters. The van der Waals surface area contributed by atoms with Crippen molar-refractivity contribution >= 4 is 35.0 Å². The van der Waals surface area contributed by atoms with Gasteiger partial charge in [0.05, 0.1) is 12.0 Å². The van der Waals surface area contributed by atoms with Gasteiger partial charge in [-0.2, -0.15) is 13.2 Å². The van der Waals surface area contributed by atoms with Crippen LogP contribution in [0.4, 0.5) is 13.2 Å². The summed E-state index contributed by atoms with van der Waals surface area (Å²) in [6.45, 7) is 1.42. The molecule has 4 nitrogen and oxygen atoms in total. The number of benzene rings is 2. The van der Waals surface area contributed by atoms with Crippen molar-refractivity contribution in [3.05, 3.63) is 69.2 Å². The van der Waals surface area contributed by atoms with Crippen LogP contribution in [0.2, 0.25) is 10.0 Å². The van der Waals surface area contributed by atoms with Crippen LogP contribution in [0.1, 0.15) is 27.9 Å². The number of likely N-dealkylation sites (tertiary alicyclic amines) is 1. The Morgan fingerprint density at radius 3 is 2.30 bits per heavy atom. The number of hydrogen-bond donors (Lipinski definition) is 1. The molecule has 0 radical (unpaired) electrons. The van der Waals surface area contributed by atoms with E-state index in [2.05, 4.69) is 5.32 Å². The summed E-state index contributed by atoms with van der Waals surface area (Å²) in [7, 11) is 0. The first kappa shape index (κ1) is 22.4. The maximum absolute atomic E-state index is 12.6. The van der Waals surface area contributed by atoms with Crippen molar-refractivity contribution in [3.63, 3.8) is 0 Å².